The fourth-order valence-electron chi connectivity index (χ4n) is 2.31. The number of benzene rings is 1. The van der Waals surface area contributed by atoms with Crippen LogP contribution in [0.2, 0.25) is 0 Å². The Labute approximate surface area is 109 Å². The second kappa shape index (κ2) is 6.01. The molecule has 100 valence electrons. The van der Waals surface area contributed by atoms with Crippen LogP contribution in [0.15, 0.2) is 18.2 Å². The van der Waals surface area contributed by atoms with Crippen LogP contribution >= 0.6 is 0 Å². The molecule has 3 heteroatoms. The molecule has 0 heterocycles. The SMILES string of the molecule is Cc1cc(C)cc(C(C)C(C)CC(N)C(=O)O)c1. The molecule has 0 aliphatic rings. The van der Waals surface area contributed by atoms with E-state index < -0.39 is 12.0 Å². The molecule has 1 aromatic rings. The number of aryl methyl sites for hydroxylation is 2. The molecule has 1 rings (SSSR count). The van der Waals surface area contributed by atoms with Crippen molar-refractivity contribution >= 4 is 5.97 Å². The van der Waals surface area contributed by atoms with Crippen LogP contribution in [0.1, 0.15) is 42.9 Å². The lowest BCUT2D eigenvalue weighted by molar-refractivity contribution is -0.138. The number of hydrogen-bond donors (Lipinski definition) is 2. The highest BCUT2D eigenvalue weighted by molar-refractivity contribution is 5.73. The zero-order valence-electron chi connectivity index (χ0n) is 11.6. The summed E-state index contributed by atoms with van der Waals surface area (Å²) in [7, 11) is 0. The largest absolute Gasteiger partial charge is 0.480 e. The maximum absolute atomic E-state index is 10.8. The normalized spacial score (nSPS) is 16.1. The van der Waals surface area contributed by atoms with Crippen LogP contribution in [0.3, 0.4) is 0 Å². The lowest BCUT2D eigenvalue weighted by Crippen LogP contribution is -2.32. The molecule has 3 N–H and O–H groups in total. The maximum Gasteiger partial charge on any atom is 0.320 e. The molecule has 0 aromatic heterocycles. The van der Waals surface area contributed by atoms with Crippen molar-refractivity contribution in [3.05, 3.63) is 34.9 Å². The molecule has 18 heavy (non-hydrogen) atoms. The van der Waals surface area contributed by atoms with Crippen molar-refractivity contribution in [2.45, 2.75) is 46.1 Å². The highest BCUT2D eigenvalue weighted by Crippen LogP contribution is 2.28. The van der Waals surface area contributed by atoms with E-state index in [2.05, 4.69) is 45.9 Å². The number of carboxylic acid groups (broad SMARTS) is 1. The van der Waals surface area contributed by atoms with E-state index in [1.54, 1.807) is 0 Å². The third-order valence-corrected chi connectivity index (χ3v) is 3.57. The van der Waals surface area contributed by atoms with E-state index in [0.717, 1.165) is 0 Å². The van der Waals surface area contributed by atoms with Gasteiger partial charge < -0.3 is 10.8 Å². The van der Waals surface area contributed by atoms with Gasteiger partial charge in [0, 0.05) is 0 Å². The highest BCUT2D eigenvalue weighted by Gasteiger charge is 2.21. The first kappa shape index (κ1) is 14.7. The Morgan fingerprint density at radius 3 is 2.17 bits per heavy atom. The molecule has 3 nitrogen and oxygen atoms in total. The molecule has 0 amide bonds. The monoisotopic (exact) mass is 249 g/mol. The van der Waals surface area contributed by atoms with Gasteiger partial charge in [0.2, 0.25) is 0 Å². The van der Waals surface area contributed by atoms with Gasteiger partial charge >= 0.3 is 5.97 Å². The van der Waals surface area contributed by atoms with Gasteiger partial charge in [0.1, 0.15) is 6.04 Å². The number of carbonyl (C=O) groups is 1. The first-order valence-corrected chi connectivity index (χ1v) is 6.37. The molecule has 0 fully saturated rings. The average molecular weight is 249 g/mol. The Kier molecular flexibility index (Phi) is 4.91. The van der Waals surface area contributed by atoms with Gasteiger partial charge in [-0.3, -0.25) is 4.79 Å². The standard InChI is InChI=1S/C15H23NO2/c1-9-5-10(2)7-13(6-9)12(4)11(3)8-14(16)15(17)18/h5-7,11-12,14H,8,16H2,1-4H3,(H,17,18). The van der Waals surface area contributed by atoms with Crippen molar-refractivity contribution in [1.82, 2.24) is 0 Å². The molecule has 0 radical (unpaired) electrons. The van der Waals surface area contributed by atoms with Crippen LogP contribution in [-0.4, -0.2) is 17.1 Å². The summed E-state index contributed by atoms with van der Waals surface area (Å²) in [6, 6.07) is 5.71. The van der Waals surface area contributed by atoms with E-state index in [9.17, 15) is 4.79 Å². The summed E-state index contributed by atoms with van der Waals surface area (Å²) in [5.74, 6) is -0.360. The first-order chi connectivity index (χ1) is 8.31. The fourth-order valence-corrected chi connectivity index (χ4v) is 2.31. The molecule has 3 atom stereocenters. The van der Waals surface area contributed by atoms with Gasteiger partial charge in [0.15, 0.2) is 0 Å². The van der Waals surface area contributed by atoms with Crippen molar-refractivity contribution in [3.63, 3.8) is 0 Å². The number of rotatable bonds is 5. The lowest BCUT2D eigenvalue weighted by atomic mass is 9.84. The van der Waals surface area contributed by atoms with Crippen molar-refractivity contribution in [2.75, 3.05) is 0 Å². The molecular formula is C15H23NO2. The van der Waals surface area contributed by atoms with Crippen LogP contribution in [-0.2, 0) is 4.79 Å². The average Bonchev–Trinajstić information content (AvgIpc) is 2.26. The van der Waals surface area contributed by atoms with E-state index in [-0.39, 0.29) is 5.92 Å². The van der Waals surface area contributed by atoms with Crippen molar-refractivity contribution < 1.29 is 9.90 Å². The van der Waals surface area contributed by atoms with Crippen LogP contribution in [0, 0.1) is 19.8 Å². The Hall–Kier alpha value is -1.35. The number of hydrogen-bond acceptors (Lipinski definition) is 2. The van der Waals surface area contributed by atoms with Crippen LogP contribution in [0.25, 0.3) is 0 Å². The summed E-state index contributed by atoms with van der Waals surface area (Å²) >= 11 is 0. The van der Waals surface area contributed by atoms with Gasteiger partial charge in [-0.25, -0.2) is 0 Å². The predicted octanol–water partition coefficient (Wildman–Crippen LogP) is 2.85. The van der Waals surface area contributed by atoms with Crippen molar-refractivity contribution in [3.8, 4) is 0 Å². The van der Waals surface area contributed by atoms with E-state index in [4.69, 9.17) is 10.8 Å². The van der Waals surface area contributed by atoms with Crippen molar-refractivity contribution in [1.29, 1.82) is 0 Å². The van der Waals surface area contributed by atoms with Gasteiger partial charge in [-0.05, 0) is 37.7 Å². The molecule has 0 aliphatic heterocycles. The van der Waals surface area contributed by atoms with Gasteiger partial charge in [-0.2, -0.15) is 0 Å². The molecule has 0 bridgehead atoms. The predicted molar refractivity (Wildman–Crippen MR) is 73.7 cm³/mol. The molecular weight excluding hydrogens is 226 g/mol. The van der Waals surface area contributed by atoms with Crippen LogP contribution < -0.4 is 5.73 Å². The Morgan fingerprint density at radius 1 is 1.22 bits per heavy atom. The highest BCUT2D eigenvalue weighted by atomic mass is 16.4. The van der Waals surface area contributed by atoms with E-state index in [0.29, 0.717) is 12.3 Å². The minimum Gasteiger partial charge on any atom is -0.480 e. The molecule has 3 unspecified atom stereocenters. The second-order valence-electron chi connectivity index (χ2n) is 5.37. The van der Waals surface area contributed by atoms with E-state index >= 15 is 0 Å². The Morgan fingerprint density at radius 2 is 1.72 bits per heavy atom. The molecule has 0 aliphatic carbocycles. The van der Waals surface area contributed by atoms with Gasteiger partial charge in [-0.1, -0.05) is 43.2 Å². The summed E-state index contributed by atoms with van der Waals surface area (Å²) in [6.07, 6.45) is 0.503. The van der Waals surface area contributed by atoms with Crippen molar-refractivity contribution in [2.24, 2.45) is 11.7 Å². The van der Waals surface area contributed by atoms with Crippen LogP contribution in [0.4, 0.5) is 0 Å². The summed E-state index contributed by atoms with van der Waals surface area (Å²) in [5.41, 5.74) is 9.34. The van der Waals surface area contributed by atoms with E-state index in [1.807, 2.05) is 0 Å². The maximum atomic E-state index is 10.8. The van der Waals surface area contributed by atoms with Gasteiger partial charge in [-0.15, -0.1) is 0 Å². The summed E-state index contributed by atoms with van der Waals surface area (Å²) in [5, 5.41) is 8.85. The smallest absolute Gasteiger partial charge is 0.320 e. The molecule has 0 saturated carbocycles. The number of carboxylic acids is 1. The topological polar surface area (TPSA) is 63.3 Å². The second-order valence-corrected chi connectivity index (χ2v) is 5.37. The summed E-state index contributed by atoms with van der Waals surface area (Å²) < 4.78 is 0. The Balaban J connectivity index is 2.79. The number of aliphatic carboxylic acids is 1. The zero-order chi connectivity index (χ0) is 13.9. The fraction of sp³-hybridized carbons (Fsp3) is 0.533. The third kappa shape index (κ3) is 3.84. The van der Waals surface area contributed by atoms with Gasteiger partial charge in [0.05, 0.1) is 0 Å². The first-order valence-electron chi connectivity index (χ1n) is 6.37. The molecule has 0 saturated heterocycles. The molecule has 0 spiro atoms. The quantitative estimate of drug-likeness (QED) is 0.843. The summed E-state index contributed by atoms with van der Waals surface area (Å²) in [4.78, 5) is 10.8. The van der Waals surface area contributed by atoms with Gasteiger partial charge in [0.25, 0.3) is 0 Å². The summed E-state index contributed by atoms with van der Waals surface area (Å²) in [6.45, 7) is 8.35. The lowest BCUT2D eigenvalue weighted by Gasteiger charge is -2.22. The van der Waals surface area contributed by atoms with E-state index in [1.165, 1.54) is 16.7 Å². The number of nitrogens with two attached hydrogens (primary N) is 1. The third-order valence-electron chi connectivity index (χ3n) is 3.57. The van der Waals surface area contributed by atoms with Crippen LogP contribution in [0.5, 0.6) is 0 Å². The molecule has 1 aromatic carbocycles. The minimum absolute atomic E-state index is 0.247. The zero-order valence-corrected chi connectivity index (χ0v) is 11.6. The Bertz CT molecular complexity index is 408. The minimum atomic E-state index is -0.922.